The molecular weight excluding hydrogens is 375 g/mol. The van der Waals surface area contributed by atoms with Gasteiger partial charge in [0, 0.05) is 31.5 Å². The molecular formula is C21H27FN4O3. The Hall–Kier alpha value is -2.74. The molecule has 0 spiro atoms. The molecule has 0 radical (unpaired) electrons. The predicted molar refractivity (Wildman–Crippen MR) is 106 cm³/mol. The van der Waals surface area contributed by atoms with Crippen molar-refractivity contribution < 1.29 is 18.7 Å². The maximum absolute atomic E-state index is 13.8. The van der Waals surface area contributed by atoms with Crippen molar-refractivity contribution >= 4 is 5.91 Å². The van der Waals surface area contributed by atoms with Crippen molar-refractivity contribution in [1.82, 2.24) is 14.9 Å². The molecule has 1 amide bonds. The lowest BCUT2D eigenvalue weighted by Gasteiger charge is -2.32. The van der Waals surface area contributed by atoms with Gasteiger partial charge in [0.05, 0.1) is 20.3 Å². The van der Waals surface area contributed by atoms with E-state index in [1.54, 1.807) is 38.5 Å². The van der Waals surface area contributed by atoms with E-state index in [-0.39, 0.29) is 24.1 Å². The quantitative estimate of drug-likeness (QED) is 0.764. The number of carbonyl (C=O) groups excluding carboxylic acids is 1. The van der Waals surface area contributed by atoms with Gasteiger partial charge in [-0.05, 0) is 30.9 Å². The highest BCUT2D eigenvalue weighted by atomic mass is 19.1. The van der Waals surface area contributed by atoms with Crippen LogP contribution in [0.4, 0.5) is 4.39 Å². The number of methoxy groups -OCH3 is 2. The molecule has 2 N–H and O–H groups in total. The van der Waals surface area contributed by atoms with Crippen LogP contribution in [0.25, 0.3) is 0 Å². The van der Waals surface area contributed by atoms with Gasteiger partial charge in [0.15, 0.2) is 0 Å². The number of hydrogen-bond acceptors (Lipinski definition) is 6. The molecule has 1 aromatic heterocycles. The number of nitrogens with zero attached hydrogens (tertiary/aromatic N) is 3. The monoisotopic (exact) mass is 402 g/mol. The summed E-state index contributed by atoms with van der Waals surface area (Å²) in [6.07, 6.45) is 2.05. The molecule has 0 bridgehead atoms. The van der Waals surface area contributed by atoms with Crippen LogP contribution in [0.2, 0.25) is 0 Å². The number of nitrogens with two attached hydrogens (primary N) is 1. The maximum Gasteiger partial charge on any atom is 0.224 e. The summed E-state index contributed by atoms with van der Waals surface area (Å²) in [4.78, 5) is 23.3. The van der Waals surface area contributed by atoms with Crippen LogP contribution in [0, 0.1) is 5.82 Å². The molecule has 1 fully saturated rings. The fraction of sp³-hybridized carbons (Fsp3) is 0.476. The Labute approximate surface area is 170 Å². The van der Waals surface area contributed by atoms with Gasteiger partial charge in [0.25, 0.3) is 0 Å². The largest absolute Gasteiger partial charge is 0.481 e. The van der Waals surface area contributed by atoms with Crippen LogP contribution >= 0.6 is 0 Å². The van der Waals surface area contributed by atoms with E-state index < -0.39 is 6.04 Å². The van der Waals surface area contributed by atoms with E-state index in [1.165, 1.54) is 6.07 Å². The second kappa shape index (κ2) is 9.65. The SMILES string of the molecule is COc1cc(OC)nc(C2CCN(C(=O)C[C@H](N)Cc3ccccc3F)CC2)n1. The second-order valence-corrected chi connectivity index (χ2v) is 7.23. The Morgan fingerprint density at radius 3 is 2.41 bits per heavy atom. The zero-order chi connectivity index (χ0) is 20.8. The standard InChI is InChI=1S/C21H27FN4O3/c1-28-18-13-19(29-2)25-21(24-18)14-7-9-26(10-8-14)20(27)12-16(23)11-15-5-3-4-6-17(15)22/h3-6,13-14,16H,7-12,23H2,1-2H3/t16-/m1/s1. The molecule has 1 saturated heterocycles. The minimum Gasteiger partial charge on any atom is -0.481 e. The number of benzene rings is 1. The van der Waals surface area contributed by atoms with Crippen molar-refractivity contribution in [3.05, 3.63) is 47.5 Å². The summed E-state index contributed by atoms with van der Waals surface area (Å²) in [5.74, 6) is 1.44. The first kappa shape index (κ1) is 21.0. The maximum atomic E-state index is 13.8. The highest BCUT2D eigenvalue weighted by Crippen LogP contribution is 2.29. The van der Waals surface area contributed by atoms with Gasteiger partial charge in [0.2, 0.25) is 17.7 Å². The van der Waals surface area contributed by atoms with Crippen LogP contribution < -0.4 is 15.2 Å². The van der Waals surface area contributed by atoms with Crippen LogP contribution in [0.1, 0.15) is 36.6 Å². The molecule has 0 aliphatic carbocycles. The molecule has 2 heterocycles. The molecule has 1 aliphatic rings. The van der Waals surface area contributed by atoms with Crippen molar-refractivity contribution in [3.63, 3.8) is 0 Å². The van der Waals surface area contributed by atoms with E-state index in [9.17, 15) is 9.18 Å². The molecule has 3 rings (SSSR count). The lowest BCUT2D eigenvalue weighted by Crippen LogP contribution is -2.41. The summed E-state index contributed by atoms with van der Waals surface area (Å²) in [5.41, 5.74) is 6.64. The van der Waals surface area contributed by atoms with E-state index in [0.29, 0.717) is 42.7 Å². The summed E-state index contributed by atoms with van der Waals surface area (Å²) in [6, 6.07) is 7.74. The normalized spacial score (nSPS) is 15.8. The number of amides is 1. The van der Waals surface area contributed by atoms with E-state index in [4.69, 9.17) is 15.2 Å². The number of halogens is 1. The van der Waals surface area contributed by atoms with Gasteiger partial charge >= 0.3 is 0 Å². The lowest BCUT2D eigenvalue weighted by molar-refractivity contribution is -0.132. The predicted octanol–water partition coefficient (Wildman–Crippen LogP) is 2.30. The van der Waals surface area contributed by atoms with E-state index in [1.807, 2.05) is 4.90 Å². The first-order chi connectivity index (χ1) is 14.0. The Bertz CT molecular complexity index is 818. The molecule has 0 unspecified atom stereocenters. The molecule has 1 aromatic carbocycles. The molecule has 1 aliphatic heterocycles. The van der Waals surface area contributed by atoms with Crippen molar-refractivity contribution in [1.29, 1.82) is 0 Å². The first-order valence-corrected chi connectivity index (χ1v) is 9.74. The third-order valence-electron chi connectivity index (χ3n) is 5.20. The summed E-state index contributed by atoms with van der Waals surface area (Å²) in [7, 11) is 3.11. The molecule has 29 heavy (non-hydrogen) atoms. The molecule has 8 heteroatoms. The number of ether oxygens (including phenoxy) is 2. The molecule has 156 valence electrons. The van der Waals surface area contributed by atoms with Crippen molar-refractivity contribution in [2.24, 2.45) is 5.73 Å². The highest BCUT2D eigenvalue weighted by Gasteiger charge is 2.27. The van der Waals surface area contributed by atoms with Crippen molar-refractivity contribution in [2.45, 2.75) is 37.6 Å². The lowest BCUT2D eigenvalue weighted by atomic mass is 9.95. The third-order valence-corrected chi connectivity index (χ3v) is 5.20. The average Bonchev–Trinajstić information content (AvgIpc) is 2.75. The van der Waals surface area contributed by atoms with Crippen molar-refractivity contribution in [2.75, 3.05) is 27.3 Å². The second-order valence-electron chi connectivity index (χ2n) is 7.23. The van der Waals surface area contributed by atoms with Gasteiger partial charge in [-0.25, -0.2) is 4.39 Å². The van der Waals surface area contributed by atoms with E-state index in [2.05, 4.69) is 9.97 Å². The summed E-state index contributed by atoms with van der Waals surface area (Å²) >= 11 is 0. The Morgan fingerprint density at radius 2 is 1.83 bits per heavy atom. The average molecular weight is 402 g/mol. The molecule has 0 saturated carbocycles. The number of likely N-dealkylation sites (tertiary alicyclic amines) is 1. The Balaban J connectivity index is 1.53. The zero-order valence-corrected chi connectivity index (χ0v) is 16.8. The number of rotatable bonds is 7. The number of hydrogen-bond donors (Lipinski definition) is 1. The van der Waals surface area contributed by atoms with Gasteiger partial charge in [-0.2, -0.15) is 9.97 Å². The van der Waals surface area contributed by atoms with Gasteiger partial charge in [-0.15, -0.1) is 0 Å². The molecule has 1 atom stereocenters. The van der Waals surface area contributed by atoms with E-state index in [0.717, 1.165) is 12.8 Å². The van der Waals surface area contributed by atoms with Gasteiger partial charge < -0.3 is 20.1 Å². The topological polar surface area (TPSA) is 90.6 Å². The minimum atomic E-state index is -0.414. The van der Waals surface area contributed by atoms with Crippen molar-refractivity contribution in [3.8, 4) is 11.8 Å². The summed E-state index contributed by atoms with van der Waals surface area (Å²) in [6.45, 7) is 1.22. The smallest absolute Gasteiger partial charge is 0.224 e. The Kier molecular flexibility index (Phi) is 6.98. The Morgan fingerprint density at radius 1 is 1.21 bits per heavy atom. The third kappa shape index (κ3) is 5.41. The summed E-state index contributed by atoms with van der Waals surface area (Å²) < 4.78 is 24.2. The van der Waals surface area contributed by atoms with Crippen LogP contribution in [-0.4, -0.2) is 54.1 Å². The number of aromatic nitrogens is 2. The fourth-order valence-corrected chi connectivity index (χ4v) is 3.57. The highest BCUT2D eigenvalue weighted by molar-refractivity contribution is 5.77. The van der Waals surface area contributed by atoms with Crippen LogP contribution in [0.15, 0.2) is 30.3 Å². The molecule has 7 nitrogen and oxygen atoms in total. The van der Waals surface area contributed by atoms with E-state index >= 15 is 0 Å². The number of piperidine rings is 1. The minimum absolute atomic E-state index is 0.00331. The number of carbonyl (C=O) groups is 1. The van der Waals surface area contributed by atoms with Gasteiger partial charge in [-0.3, -0.25) is 4.79 Å². The van der Waals surface area contributed by atoms with Crippen LogP contribution in [-0.2, 0) is 11.2 Å². The summed E-state index contributed by atoms with van der Waals surface area (Å²) in [5, 5.41) is 0. The fourth-order valence-electron chi connectivity index (χ4n) is 3.57. The van der Waals surface area contributed by atoms with Gasteiger partial charge in [-0.1, -0.05) is 18.2 Å². The van der Waals surface area contributed by atoms with Crippen LogP contribution in [0.3, 0.4) is 0 Å². The van der Waals surface area contributed by atoms with Crippen LogP contribution in [0.5, 0.6) is 11.8 Å². The first-order valence-electron chi connectivity index (χ1n) is 9.74. The zero-order valence-electron chi connectivity index (χ0n) is 16.8. The van der Waals surface area contributed by atoms with Gasteiger partial charge in [0.1, 0.15) is 11.6 Å². The molecule has 2 aromatic rings.